The summed E-state index contributed by atoms with van der Waals surface area (Å²) in [5, 5.41) is 0. The van der Waals surface area contributed by atoms with Gasteiger partial charge < -0.3 is 4.90 Å². The van der Waals surface area contributed by atoms with E-state index >= 15 is 0 Å². The smallest absolute Gasteiger partial charge is 0.257 e. The Labute approximate surface area is 154 Å². The Balaban J connectivity index is 1.57. The number of carbonyl (C=O) groups is 3. The molecule has 1 unspecified atom stereocenters. The number of aryl methyl sites for hydroxylation is 1. The van der Waals surface area contributed by atoms with Gasteiger partial charge in [0.05, 0.1) is 12.1 Å². The molecule has 3 fully saturated rings. The maximum absolute atomic E-state index is 13.2. The zero-order valence-corrected chi connectivity index (χ0v) is 15.3. The second-order valence-corrected chi connectivity index (χ2v) is 7.93. The van der Waals surface area contributed by atoms with Gasteiger partial charge in [0.25, 0.3) is 5.91 Å². The van der Waals surface area contributed by atoms with E-state index in [9.17, 15) is 14.4 Å². The molecule has 3 aliphatic rings. The molecule has 1 aromatic carbocycles. The van der Waals surface area contributed by atoms with Gasteiger partial charge in [0.15, 0.2) is 0 Å². The van der Waals surface area contributed by atoms with E-state index in [-0.39, 0.29) is 36.1 Å². The van der Waals surface area contributed by atoms with Gasteiger partial charge in [-0.15, -0.1) is 0 Å². The first-order valence-corrected chi connectivity index (χ1v) is 9.82. The highest BCUT2D eigenvalue weighted by atomic mass is 16.2. The molecule has 0 radical (unpaired) electrons. The predicted molar refractivity (Wildman–Crippen MR) is 98.5 cm³/mol. The fourth-order valence-electron chi connectivity index (χ4n) is 4.30. The maximum Gasteiger partial charge on any atom is 0.257 e. The van der Waals surface area contributed by atoms with Crippen molar-refractivity contribution < 1.29 is 14.4 Å². The molecule has 1 heterocycles. The van der Waals surface area contributed by atoms with Crippen molar-refractivity contribution in [3.05, 3.63) is 29.8 Å². The SMILES string of the molecule is Cc1ccc(N2C(=O)CC(N(C(=O)C3CCCCC3)C3CC3)C2=O)cc1. The molecule has 5 nitrogen and oxygen atoms in total. The van der Waals surface area contributed by atoms with Crippen LogP contribution in [-0.2, 0) is 14.4 Å². The number of amides is 3. The normalized spacial score (nSPS) is 24.2. The summed E-state index contributed by atoms with van der Waals surface area (Å²) in [6.07, 6.45) is 7.19. The van der Waals surface area contributed by atoms with Crippen LogP contribution in [0.25, 0.3) is 0 Å². The van der Waals surface area contributed by atoms with Crippen LogP contribution in [0.4, 0.5) is 5.69 Å². The largest absolute Gasteiger partial charge is 0.327 e. The number of hydrogen-bond acceptors (Lipinski definition) is 3. The van der Waals surface area contributed by atoms with Crippen LogP contribution in [0.15, 0.2) is 24.3 Å². The van der Waals surface area contributed by atoms with Crippen molar-refractivity contribution in [3.63, 3.8) is 0 Å². The molecule has 1 atom stereocenters. The lowest BCUT2D eigenvalue weighted by Gasteiger charge is -2.32. The van der Waals surface area contributed by atoms with Gasteiger partial charge >= 0.3 is 0 Å². The minimum absolute atomic E-state index is 0.0284. The summed E-state index contributed by atoms with van der Waals surface area (Å²) in [6, 6.07) is 6.93. The lowest BCUT2D eigenvalue weighted by Crippen LogP contribution is -2.49. The Hall–Kier alpha value is -2.17. The average Bonchev–Trinajstić information content (AvgIpc) is 3.44. The quantitative estimate of drug-likeness (QED) is 0.780. The summed E-state index contributed by atoms with van der Waals surface area (Å²) in [5.41, 5.74) is 1.69. The van der Waals surface area contributed by atoms with Gasteiger partial charge in [-0.05, 0) is 44.7 Å². The third-order valence-electron chi connectivity index (χ3n) is 5.90. The van der Waals surface area contributed by atoms with E-state index in [1.807, 2.05) is 19.1 Å². The Bertz CT molecular complexity index is 717. The molecule has 2 aliphatic carbocycles. The van der Waals surface area contributed by atoms with E-state index in [1.54, 1.807) is 17.0 Å². The average molecular weight is 354 g/mol. The van der Waals surface area contributed by atoms with Crippen LogP contribution in [0, 0.1) is 12.8 Å². The van der Waals surface area contributed by atoms with Gasteiger partial charge in [-0.1, -0.05) is 37.0 Å². The standard InChI is InChI=1S/C21H26N2O3/c1-14-7-9-17(10-8-14)23-19(24)13-18(21(23)26)22(16-11-12-16)20(25)15-5-3-2-4-6-15/h7-10,15-16,18H,2-6,11-13H2,1H3. The highest BCUT2D eigenvalue weighted by Gasteiger charge is 2.49. The van der Waals surface area contributed by atoms with Crippen molar-refractivity contribution in [3.8, 4) is 0 Å². The second-order valence-electron chi connectivity index (χ2n) is 7.93. The summed E-state index contributed by atoms with van der Waals surface area (Å²) >= 11 is 0. The molecular weight excluding hydrogens is 328 g/mol. The number of carbonyl (C=O) groups excluding carboxylic acids is 3. The third-order valence-corrected chi connectivity index (χ3v) is 5.90. The van der Waals surface area contributed by atoms with E-state index in [0.717, 1.165) is 44.1 Å². The number of benzene rings is 1. The van der Waals surface area contributed by atoms with Crippen molar-refractivity contribution in [2.45, 2.75) is 70.4 Å². The Morgan fingerprint density at radius 1 is 1.00 bits per heavy atom. The molecule has 2 saturated carbocycles. The maximum atomic E-state index is 13.2. The van der Waals surface area contributed by atoms with E-state index in [4.69, 9.17) is 0 Å². The van der Waals surface area contributed by atoms with Crippen LogP contribution in [-0.4, -0.2) is 34.7 Å². The summed E-state index contributed by atoms with van der Waals surface area (Å²) in [4.78, 5) is 41.9. The van der Waals surface area contributed by atoms with E-state index in [0.29, 0.717) is 5.69 Å². The molecule has 1 aliphatic heterocycles. The third kappa shape index (κ3) is 3.15. The van der Waals surface area contributed by atoms with Crippen LogP contribution in [0.1, 0.15) is 56.9 Å². The van der Waals surface area contributed by atoms with Crippen molar-refractivity contribution in [2.24, 2.45) is 5.92 Å². The summed E-state index contributed by atoms with van der Waals surface area (Å²) in [7, 11) is 0. The van der Waals surface area contributed by atoms with Gasteiger partial charge in [0.1, 0.15) is 6.04 Å². The minimum Gasteiger partial charge on any atom is -0.327 e. The van der Waals surface area contributed by atoms with E-state index in [1.165, 1.54) is 11.3 Å². The highest BCUT2D eigenvalue weighted by molar-refractivity contribution is 6.23. The lowest BCUT2D eigenvalue weighted by molar-refractivity contribution is -0.143. The number of rotatable bonds is 4. The van der Waals surface area contributed by atoms with Crippen molar-refractivity contribution >= 4 is 23.4 Å². The molecule has 0 aromatic heterocycles. The Kier molecular flexibility index (Phi) is 4.55. The molecule has 138 valence electrons. The number of anilines is 1. The van der Waals surface area contributed by atoms with Crippen molar-refractivity contribution in [1.29, 1.82) is 0 Å². The number of nitrogens with zero attached hydrogens (tertiary/aromatic N) is 2. The topological polar surface area (TPSA) is 57.7 Å². The molecule has 1 saturated heterocycles. The predicted octanol–water partition coefficient (Wildman–Crippen LogP) is 3.20. The fourth-order valence-corrected chi connectivity index (χ4v) is 4.30. The van der Waals surface area contributed by atoms with Gasteiger partial charge in [-0.3, -0.25) is 14.4 Å². The van der Waals surface area contributed by atoms with Crippen molar-refractivity contribution in [1.82, 2.24) is 4.90 Å². The van der Waals surface area contributed by atoms with E-state index < -0.39 is 6.04 Å². The van der Waals surface area contributed by atoms with Gasteiger partial charge in [-0.2, -0.15) is 0 Å². The molecule has 1 aromatic rings. The van der Waals surface area contributed by atoms with Crippen LogP contribution in [0.5, 0.6) is 0 Å². The zero-order valence-electron chi connectivity index (χ0n) is 15.3. The zero-order chi connectivity index (χ0) is 18.3. The molecule has 0 N–H and O–H groups in total. The van der Waals surface area contributed by atoms with Crippen LogP contribution < -0.4 is 4.90 Å². The number of imide groups is 1. The Morgan fingerprint density at radius 3 is 2.27 bits per heavy atom. The molecule has 3 amide bonds. The Morgan fingerprint density at radius 2 is 1.65 bits per heavy atom. The van der Waals surface area contributed by atoms with Gasteiger partial charge in [0, 0.05) is 12.0 Å². The fraction of sp³-hybridized carbons (Fsp3) is 0.571. The van der Waals surface area contributed by atoms with E-state index in [2.05, 4.69) is 0 Å². The van der Waals surface area contributed by atoms with Gasteiger partial charge in [-0.25, -0.2) is 4.90 Å². The molecule has 0 bridgehead atoms. The molecule has 0 spiro atoms. The second kappa shape index (κ2) is 6.86. The summed E-state index contributed by atoms with van der Waals surface area (Å²) in [6.45, 7) is 1.97. The first kappa shape index (κ1) is 17.3. The molecule has 5 heteroatoms. The van der Waals surface area contributed by atoms with Crippen LogP contribution in [0.2, 0.25) is 0 Å². The van der Waals surface area contributed by atoms with Crippen LogP contribution >= 0.6 is 0 Å². The van der Waals surface area contributed by atoms with Gasteiger partial charge in [0.2, 0.25) is 11.8 Å². The number of hydrogen-bond donors (Lipinski definition) is 0. The molecular formula is C21H26N2O3. The first-order valence-electron chi connectivity index (χ1n) is 9.82. The lowest BCUT2D eigenvalue weighted by atomic mass is 9.88. The highest BCUT2D eigenvalue weighted by Crippen LogP contribution is 2.37. The monoisotopic (exact) mass is 354 g/mol. The van der Waals surface area contributed by atoms with Crippen LogP contribution in [0.3, 0.4) is 0 Å². The minimum atomic E-state index is -0.620. The van der Waals surface area contributed by atoms with Crippen molar-refractivity contribution in [2.75, 3.05) is 4.90 Å². The molecule has 26 heavy (non-hydrogen) atoms. The molecule has 4 rings (SSSR count). The summed E-state index contributed by atoms with van der Waals surface area (Å²) < 4.78 is 0. The first-order chi connectivity index (χ1) is 12.6. The summed E-state index contributed by atoms with van der Waals surface area (Å²) in [5.74, 6) is -0.314.